The Balaban J connectivity index is 4.30. The minimum atomic E-state index is -0.556. The van der Waals surface area contributed by atoms with Gasteiger partial charge in [0.1, 0.15) is 6.61 Å². The van der Waals surface area contributed by atoms with E-state index in [4.69, 9.17) is 14.2 Å². The van der Waals surface area contributed by atoms with Crippen LogP contribution in [0.4, 0.5) is 0 Å². The normalized spacial score (nSPS) is 12.8. The number of carbonyl (C=O) groups is 2. The first-order chi connectivity index (χ1) is 34.6. The van der Waals surface area contributed by atoms with Gasteiger partial charge in [-0.1, -0.05) is 247 Å². The van der Waals surface area contributed by atoms with Crippen molar-refractivity contribution in [1.29, 1.82) is 0 Å². The number of allylic oxidation sites excluding steroid dienone is 14. The van der Waals surface area contributed by atoms with Gasteiger partial charge in [0.2, 0.25) is 0 Å². The van der Waals surface area contributed by atoms with Crippen LogP contribution >= 0.6 is 0 Å². The van der Waals surface area contributed by atoms with Gasteiger partial charge in [-0.25, -0.2) is 0 Å². The van der Waals surface area contributed by atoms with Gasteiger partial charge in [-0.15, -0.1) is 0 Å². The molecule has 0 aliphatic heterocycles. The van der Waals surface area contributed by atoms with Crippen LogP contribution in [0.3, 0.4) is 0 Å². The van der Waals surface area contributed by atoms with Gasteiger partial charge >= 0.3 is 11.9 Å². The van der Waals surface area contributed by atoms with Crippen molar-refractivity contribution in [3.05, 3.63) is 85.1 Å². The maximum Gasteiger partial charge on any atom is 0.306 e. The zero-order valence-electron chi connectivity index (χ0n) is 46.5. The molecule has 1 atom stereocenters. The fraction of sp³-hybridized carbons (Fsp3) is 0.754. The van der Waals surface area contributed by atoms with Crippen LogP contribution in [0.25, 0.3) is 0 Å². The molecule has 0 rings (SSSR count). The molecule has 0 N–H and O–H groups in total. The predicted octanol–water partition coefficient (Wildman–Crippen LogP) is 20.8. The zero-order chi connectivity index (χ0) is 50.6. The van der Waals surface area contributed by atoms with Crippen molar-refractivity contribution in [2.24, 2.45) is 0 Å². The molecule has 0 saturated heterocycles. The summed E-state index contributed by atoms with van der Waals surface area (Å²) in [6.45, 7) is 7.68. The molecule has 0 aromatic carbocycles. The summed E-state index contributed by atoms with van der Waals surface area (Å²) in [6.07, 6.45) is 80.4. The lowest BCUT2D eigenvalue weighted by atomic mass is 10.1. The van der Waals surface area contributed by atoms with Crippen molar-refractivity contribution < 1.29 is 23.8 Å². The third-order valence-corrected chi connectivity index (χ3v) is 12.9. The van der Waals surface area contributed by atoms with E-state index in [1.165, 1.54) is 161 Å². The van der Waals surface area contributed by atoms with Gasteiger partial charge < -0.3 is 14.2 Å². The highest BCUT2D eigenvalue weighted by atomic mass is 16.6. The summed E-state index contributed by atoms with van der Waals surface area (Å²) in [5.41, 5.74) is 0. The van der Waals surface area contributed by atoms with E-state index in [0.29, 0.717) is 19.4 Å². The number of hydrogen-bond donors (Lipinski definition) is 0. The Labute approximate surface area is 435 Å². The maximum absolute atomic E-state index is 12.9. The second-order valence-corrected chi connectivity index (χ2v) is 19.9. The summed E-state index contributed by atoms with van der Waals surface area (Å²) in [5, 5.41) is 0. The minimum absolute atomic E-state index is 0.0687. The summed E-state index contributed by atoms with van der Waals surface area (Å²) in [7, 11) is 0. The van der Waals surface area contributed by atoms with Gasteiger partial charge in [-0.2, -0.15) is 0 Å². The van der Waals surface area contributed by atoms with Crippen LogP contribution in [0.15, 0.2) is 85.1 Å². The third-order valence-electron chi connectivity index (χ3n) is 12.9. The average molecular weight is 976 g/mol. The standard InChI is InChI=1S/C65H114O5/c1-4-7-10-13-16-19-22-25-28-30-32-34-36-39-42-45-48-51-54-57-60-68-61-63(70-65(67)59-56-53-50-47-44-41-37-27-24-21-18-15-12-9-6-3)62-69-64(66)58-55-52-49-46-43-40-38-35-33-31-29-26-23-20-17-14-11-8-5-2/h9,12,17-18,20-21,25-29,33,35,37,63H,4-8,10-11,13-16,19,22-24,30-32,34,36,38-62H2,1-3H3/b12-9-,20-17-,21-18-,28-25-,29-26-,35-33-,37-27-. The van der Waals surface area contributed by atoms with Gasteiger partial charge in [-0.3, -0.25) is 9.59 Å². The van der Waals surface area contributed by atoms with Crippen LogP contribution in [-0.2, 0) is 23.8 Å². The molecule has 0 bridgehead atoms. The van der Waals surface area contributed by atoms with Crippen molar-refractivity contribution >= 4 is 11.9 Å². The molecule has 0 heterocycles. The van der Waals surface area contributed by atoms with Crippen LogP contribution in [0.1, 0.15) is 290 Å². The Kier molecular flexibility index (Phi) is 57.9. The Morgan fingerprint density at radius 2 is 0.643 bits per heavy atom. The molecule has 0 radical (unpaired) electrons. The molecule has 0 aromatic heterocycles. The van der Waals surface area contributed by atoms with E-state index in [0.717, 1.165) is 96.3 Å². The monoisotopic (exact) mass is 975 g/mol. The van der Waals surface area contributed by atoms with Crippen LogP contribution < -0.4 is 0 Å². The first kappa shape index (κ1) is 67.1. The van der Waals surface area contributed by atoms with E-state index in [1.807, 2.05) is 0 Å². The van der Waals surface area contributed by atoms with Crippen molar-refractivity contribution in [3.63, 3.8) is 0 Å². The highest BCUT2D eigenvalue weighted by Crippen LogP contribution is 2.15. The second kappa shape index (κ2) is 60.4. The molecule has 0 aliphatic rings. The smallest absolute Gasteiger partial charge is 0.306 e. The summed E-state index contributed by atoms with van der Waals surface area (Å²) in [4.78, 5) is 25.6. The Morgan fingerprint density at radius 1 is 0.329 bits per heavy atom. The van der Waals surface area contributed by atoms with Crippen LogP contribution in [0.5, 0.6) is 0 Å². The molecule has 0 aromatic rings. The number of unbranched alkanes of at least 4 members (excludes halogenated alkanes) is 30. The van der Waals surface area contributed by atoms with E-state index < -0.39 is 6.10 Å². The summed E-state index contributed by atoms with van der Waals surface area (Å²) in [6, 6.07) is 0. The van der Waals surface area contributed by atoms with Gasteiger partial charge in [0.15, 0.2) is 6.10 Å². The highest BCUT2D eigenvalue weighted by molar-refractivity contribution is 5.70. The number of carbonyl (C=O) groups excluding carboxylic acids is 2. The van der Waals surface area contributed by atoms with Crippen molar-refractivity contribution in [1.82, 2.24) is 0 Å². The lowest BCUT2D eigenvalue weighted by molar-refractivity contribution is -0.163. The quantitative estimate of drug-likeness (QED) is 0.0345. The Morgan fingerprint density at radius 3 is 1.07 bits per heavy atom. The summed E-state index contributed by atoms with van der Waals surface area (Å²) in [5.74, 6) is -0.425. The first-order valence-electron chi connectivity index (χ1n) is 30.1. The van der Waals surface area contributed by atoms with Crippen LogP contribution in [0, 0.1) is 0 Å². The van der Waals surface area contributed by atoms with E-state index in [2.05, 4.69) is 106 Å². The molecule has 70 heavy (non-hydrogen) atoms. The van der Waals surface area contributed by atoms with E-state index in [-0.39, 0.29) is 25.2 Å². The topological polar surface area (TPSA) is 61.8 Å². The molecule has 1 unspecified atom stereocenters. The largest absolute Gasteiger partial charge is 0.462 e. The van der Waals surface area contributed by atoms with Crippen molar-refractivity contribution in [2.75, 3.05) is 19.8 Å². The van der Waals surface area contributed by atoms with Crippen molar-refractivity contribution in [2.45, 2.75) is 297 Å². The average Bonchev–Trinajstić information content (AvgIpc) is 3.36. The molecule has 0 aliphatic carbocycles. The molecule has 0 spiro atoms. The third kappa shape index (κ3) is 57.7. The minimum Gasteiger partial charge on any atom is -0.462 e. The van der Waals surface area contributed by atoms with Crippen molar-refractivity contribution in [3.8, 4) is 0 Å². The lowest BCUT2D eigenvalue weighted by Gasteiger charge is -2.18. The van der Waals surface area contributed by atoms with E-state index in [1.54, 1.807) is 0 Å². The maximum atomic E-state index is 12.9. The van der Waals surface area contributed by atoms with E-state index in [9.17, 15) is 9.59 Å². The number of hydrogen-bond acceptors (Lipinski definition) is 5. The Hall–Kier alpha value is -2.92. The Bertz CT molecular complexity index is 1290. The number of esters is 2. The first-order valence-corrected chi connectivity index (χ1v) is 30.1. The molecule has 0 amide bonds. The molecule has 5 nitrogen and oxygen atoms in total. The summed E-state index contributed by atoms with van der Waals surface area (Å²) >= 11 is 0. The molecular formula is C65H114O5. The van der Waals surface area contributed by atoms with Crippen LogP contribution in [0.2, 0.25) is 0 Å². The molecule has 5 heteroatoms. The summed E-state index contributed by atoms with van der Waals surface area (Å²) < 4.78 is 17.5. The SMILES string of the molecule is CC/C=C\C/C=C\C/C=C\CCCCCCCC(=O)OC(COCCCCCCCCCCCC/C=C\CCCCCCCC)COC(=O)CCCCCCCC/C=C\C/C=C\C/C=C\CCCCC. The van der Waals surface area contributed by atoms with Gasteiger partial charge in [0.05, 0.1) is 6.61 Å². The molecular weight excluding hydrogens is 861 g/mol. The zero-order valence-corrected chi connectivity index (χ0v) is 46.5. The fourth-order valence-electron chi connectivity index (χ4n) is 8.41. The molecule has 404 valence electrons. The number of ether oxygens (including phenoxy) is 3. The molecule has 0 saturated carbocycles. The van der Waals surface area contributed by atoms with Gasteiger partial charge in [-0.05, 0) is 116 Å². The van der Waals surface area contributed by atoms with E-state index >= 15 is 0 Å². The molecule has 0 fully saturated rings. The fourth-order valence-corrected chi connectivity index (χ4v) is 8.41. The number of rotatable bonds is 55. The lowest BCUT2D eigenvalue weighted by Crippen LogP contribution is -2.30. The van der Waals surface area contributed by atoms with Gasteiger partial charge in [0, 0.05) is 19.4 Å². The second-order valence-electron chi connectivity index (χ2n) is 19.9. The van der Waals surface area contributed by atoms with Crippen LogP contribution in [-0.4, -0.2) is 37.9 Å². The van der Waals surface area contributed by atoms with Gasteiger partial charge in [0.25, 0.3) is 0 Å². The highest BCUT2D eigenvalue weighted by Gasteiger charge is 2.17. The predicted molar refractivity (Wildman–Crippen MR) is 307 cm³/mol.